The van der Waals surface area contributed by atoms with Crippen LogP contribution in [0.4, 0.5) is 0 Å². The van der Waals surface area contributed by atoms with Gasteiger partial charge in [0.25, 0.3) is 0 Å². The molecular weight excluding hydrogens is 262 g/mol. The van der Waals surface area contributed by atoms with E-state index in [1.54, 1.807) is 0 Å². The standard InChI is InChI=1S/C17H33N3O/c1-3-17(2,20-11-13-21-14-12-20)16(19-18)15-9-7-5-4-6-8-10-15/h9,16,19H,3-8,10-14,18H2,1-2H3. The highest BCUT2D eigenvalue weighted by molar-refractivity contribution is 5.19. The van der Waals surface area contributed by atoms with Crippen molar-refractivity contribution >= 4 is 0 Å². The summed E-state index contributed by atoms with van der Waals surface area (Å²) in [6.07, 6.45) is 11.3. The summed E-state index contributed by atoms with van der Waals surface area (Å²) >= 11 is 0. The van der Waals surface area contributed by atoms with Crippen molar-refractivity contribution in [2.45, 2.75) is 70.4 Å². The molecule has 4 nitrogen and oxygen atoms in total. The molecule has 0 aromatic rings. The first-order valence-electron chi connectivity index (χ1n) is 8.70. The number of ether oxygens (including phenoxy) is 1. The fourth-order valence-electron chi connectivity index (χ4n) is 3.85. The van der Waals surface area contributed by atoms with Gasteiger partial charge < -0.3 is 4.74 Å². The Morgan fingerprint density at radius 1 is 1.29 bits per heavy atom. The molecule has 0 amide bonds. The summed E-state index contributed by atoms with van der Waals surface area (Å²) in [6.45, 7) is 8.34. The van der Waals surface area contributed by atoms with Crippen molar-refractivity contribution in [1.29, 1.82) is 0 Å². The molecule has 4 heteroatoms. The van der Waals surface area contributed by atoms with Crippen molar-refractivity contribution < 1.29 is 4.74 Å². The number of morpholine rings is 1. The number of nitrogens with two attached hydrogens (primary N) is 1. The fourth-order valence-corrected chi connectivity index (χ4v) is 3.85. The van der Waals surface area contributed by atoms with Crippen molar-refractivity contribution in [3.63, 3.8) is 0 Å². The Balaban J connectivity index is 2.18. The lowest BCUT2D eigenvalue weighted by molar-refractivity contribution is -0.0280. The molecule has 0 saturated carbocycles. The van der Waals surface area contributed by atoms with E-state index in [1.807, 2.05) is 0 Å². The zero-order valence-electron chi connectivity index (χ0n) is 13.9. The summed E-state index contributed by atoms with van der Waals surface area (Å²) in [4.78, 5) is 2.57. The average Bonchev–Trinajstić information content (AvgIpc) is 2.50. The van der Waals surface area contributed by atoms with E-state index in [-0.39, 0.29) is 11.6 Å². The van der Waals surface area contributed by atoms with E-state index in [9.17, 15) is 0 Å². The molecule has 1 saturated heterocycles. The molecule has 2 rings (SSSR count). The minimum absolute atomic E-state index is 0.0730. The third kappa shape index (κ3) is 4.07. The van der Waals surface area contributed by atoms with Crippen molar-refractivity contribution in [2.24, 2.45) is 5.84 Å². The lowest BCUT2D eigenvalue weighted by atomic mass is 9.80. The number of allylic oxidation sites excluding steroid dienone is 1. The van der Waals surface area contributed by atoms with Crippen LogP contribution in [0.2, 0.25) is 0 Å². The predicted molar refractivity (Wildman–Crippen MR) is 88.0 cm³/mol. The third-order valence-electron chi connectivity index (χ3n) is 5.43. The van der Waals surface area contributed by atoms with Crippen LogP contribution in [0.5, 0.6) is 0 Å². The normalized spacial score (nSPS) is 26.3. The molecule has 0 radical (unpaired) electrons. The second-order valence-corrected chi connectivity index (χ2v) is 6.64. The SMILES string of the molecule is CCC(C)(C(NN)C1=CCCCCCC1)N1CCOCC1. The number of nitrogens with zero attached hydrogens (tertiary/aromatic N) is 1. The Labute approximate surface area is 130 Å². The number of hydrogen-bond acceptors (Lipinski definition) is 4. The lowest BCUT2D eigenvalue weighted by Gasteiger charge is -2.48. The molecule has 21 heavy (non-hydrogen) atoms. The Kier molecular flexibility index (Phi) is 6.68. The lowest BCUT2D eigenvalue weighted by Crippen LogP contribution is -2.63. The second kappa shape index (κ2) is 8.28. The van der Waals surface area contributed by atoms with Crippen LogP contribution in [0, 0.1) is 0 Å². The highest BCUT2D eigenvalue weighted by Crippen LogP contribution is 2.32. The van der Waals surface area contributed by atoms with Crippen molar-refractivity contribution in [1.82, 2.24) is 10.3 Å². The number of hydrogen-bond donors (Lipinski definition) is 2. The number of hydrazine groups is 1. The van der Waals surface area contributed by atoms with Gasteiger partial charge in [-0.1, -0.05) is 31.4 Å². The molecule has 2 atom stereocenters. The predicted octanol–water partition coefficient (Wildman–Crippen LogP) is 2.60. The maximum Gasteiger partial charge on any atom is 0.0601 e. The third-order valence-corrected chi connectivity index (χ3v) is 5.43. The van der Waals surface area contributed by atoms with E-state index < -0.39 is 0 Å². The molecule has 122 valence electrons. The first kappa shape index (κ1) is 16.9. The number of rotatable bonds is 5. The Morgan fingerprint density at radius 2 is 2.00 bits per heavy atom. The molecule has 2 aliphatic rings. The quantitative estimate of drug-likeness (QED) is 0.465. The van der Waals surface area contributed by atoms with Gasteiger partial charge in [-0.05, 0) is 39.0 Å². The molecule has 3 N–H and O–H groups in total. The molecule has 0 spiro atoms. The zero-order chi connectivity index (χ0) is 15.1. The van der Waals surface area contributed by atoms with E-state index in [0.717, 1.165) is 32.7 Å². The van der Waals surface area contributed by atoms with Crippen LogP contribution in [0.1, 0.15) is 58.8 Å². The summed E-state index contributed by atoms with van der Waals surface area (Å²) in [5.74, 6) is 6.01. The Bertz CT molecular complexity index is 339. The summed E-state index contributed by atoms with van der Waals surface area (Å²) in [5, 5.41) is 0. The van der Waals surface area contributed by atoms with Crippen LogP contribution in [0.3, 0.4) is 0 Å². The van der Waals surface area contributed by atoms with Crippen LogP contribution in [0.15, 0.2) is 11.6 Å². The van der Waals surface area contributed by atoms with E-state index in [0.29, 0.717) is 0 Å². The monoisotopic (exact) mass is 295 g/mol. The van der Waals surface area contributed by atoms with Gasteiger partial charge in [0.1, 0.15) is 0 Å². The molecular formula is C17H33N3O. The molecule has 2 unspecified atom stereocenters. The van der Waals surface area contributed by atoms with E-state index >= 15 is 0 Å². The highest BCUT2D eigenvalue weighted by atomic mass is 16.5. The molecule has 0 aromatic heterocycles. The first-order valence-corrected chi connectivity index (χ1v) is 8.70. The fraction of sp³-hybridized carbons (Fsp3) is 0.882. The van der Waals surface area contributed by atoms with Crippen molar-refractivity contribution in [3.8, 4) is 0 Å². The molecule has 1 heterocycles. The van der Waals surface area contributed by atoms with E-state index in [4.69, 9.17) is 10.6 Å². The molecule has 0 bridgehead atoms. The van der Waals surface area contributed by atoms with E-state index in [2.05, 4.69) is 30.2 Å². The van der Waals surface area contributed by atoms with Gasteiger partial charge in [-0.2, -0.15) is 0 Å². The van der Waals surface area contributed by atoms with Crippen molar-refractivity contribution in [2.75, 3.05) is 26.3 Å². The van der Waals surface area contributed by atoms with Crippen LogP contribution in [0.25, 0.3) is 0 Å². The van der Waals surface area contributed by atoms with Crippen LogP contribution >= 0.6 is 0 Å². The van der Waals surface area contributed by atoms with Gasteiger partial charge in [-0.25, -0.2) is 0 Å². The van der Waals surface area contributed by atoms with Gasteiger partial charge in [0.05, 0.1) is 19.3 Å². The van der Waals surface area contributed by atoms with Gasteiger partial charge in [0.15, 0.2) is 0 Å². The largest absolute Gasteiger partial charge is 0.379 e. The molecule has 1 aliphatic carbocycles. The minimum atomic E-state index is 0.0730. The van der Waals surface area contributed by atoms with Gasteiger partial charge in [-0.15, -0.1) is 0 Å². The maximum atomic E-state index is 6.01. The second-order valence-electron chi connectivity index (χ2n) is 6.64. The van der Waals surface area contributed by atoms with Gasteiger partial charge in [0, 0.05) is 18.6 Å². The van der Waals surface area contributed by atoms with Gasteiger partial charge in [-0.3, -0.25) is 16.2 Å². The zero-order valence-corrected chi connectivity index (χ0v) is 13.9. The highest BCUT2D eigenvalue weighted by Gasteiger charge is 2.40. The van der Waals surface area contributed by atoms with Gasteiger partial charge in [0.2, 0.25) is 0 Å². The summed E-state index contributed by atoms with van der Waals surface area (Å²) in [5.41, 5.74) is 4.75. The van der Waals surface area contributed by atoms with Crippen LogP contribution in [-0.4, -0.2) is 42.8 Å². The maximum absolute atomic E-state index is 6.01. The average molecular weight is 295 g/mol. The summed E-state index contributed by atoms with van der Waals surface area (Å²) in [6, 6.07) is 0.249. The Morgan fingerprint density at radius 3 is 2.67 bits per heavy atom. The van der Waals surface area contributed by atoms with Crippen molar-refractivity contribution in [3.05, 3.63) is 11.6 Å². The summed E-state index contributed by atoms with van der Waals surface area (Å²) < 4.78 is 5.53. The van der Waals surface area contributed by atoms with Gasteiger partial charge >= 0.3 is 0 Å². The smallest absolute Gasteiger partial charge is 0.0601 e. The molecule has 0 aromatic carbocycles. The Hall–Kier alpha value is -0.420. The summed E-state index contributed by atoms with van der Waals surface area (Å²) in [7, 11) is 0. The number of nitrogens with one attached hydrogen (secondary N) is 1. The molecule has 1 aliphatic heterocycles. The topological polar surface area (TPSA) is 50.5 Å². The van der Waals surface area contributed by atoms with Crippen LogP contribution in [-0.2, 0) is 4.74 Å². The minimum Gasteiger partial charge on any atom is -0.379 e. The first-order chi connectivity index (χ1) is 10.2. The van der Waals surface area contributed by atoms with E-state index in [1.165, 1.54) is 44.1 Å². The molecule has 1 fully saturated rings. The van der Waals surface area contributed by atoms with Crippen LogP contribution < -0.4 is 11.3 Å².